The lowest BCUT2D eigenvalue weighted by Crippen LogP contribution is -2.38. The zero-order valence-electron chi connectivity index (χ0n) is 20.9. The first-order chi connectivity index (χ1) is 17.7. The van der Waals surface area contributed by atoms with Gasteiger partial charge in [-0.25, -0.2) is 10.2 Å². The fourth-order valence-electron chi connectivity index (χ4n) is 3.81. The maximum Gasteiger partial charge on any atom is 0.332 e. The van der Waals surface area contributed by atoms with Gasteiger partial charge in [0.1, 0.15) is 18.5 Å². The minimum atomic E-state index is -1.01. The molecule has 12 heteroatoms. The van der Waals surface area contributed by atoms with Crippen molar-refractivity contribution < 1.29 is 19.7 Å². The monoisotopic (exact) mass is 508 g/mol. The van der Waals surface area contributed by atoms with E-state index in [0.29, 0.717) is 11.3 Å². The van der Waals surface area contributed by atoms with Gasteiger partial charge < -0.3 is 24.3 Å². The van der Waals surface area contributed by atoms with Crippen LogP contribution in [0, 0.1) is 6.92 Å². The Morgan fingerprint density at radius 3 is 2.68 bits per heavy atom. The fourth-order valence-corrected chi connectivity index (χ4v) is 3.81. The van der Waals surface area contributed by atoms with E-state index in [0.717, 1.165) is 10.1 Å². The fraction of sp³-hybridized carbons (Fsp3) is 0.280. The molecule has 1 atom stereocenters. The molecule has 12 nitrogen and oxygen atoms in total. The van der Waals surface area contributed by atoms with Gasteiger partial charge in [0, 0.05) is 14.1 Å². The number of phenolic OH excluding ortho intramolecular Hbond substituents is 1. The minimum absolute atomic E-state index is 0.00645. The Hall–Kier alpha value is -4.58. The number of nitrogens with zero attached hydrogens (tertiary/aromatic N) is 5. The normalized spacial score (nSPS) is 12.2. The molecule has 0 amide bonds. The Balaban J connectivity index is 1.65. The molecular formula is C25H28N6O6. The number of aromatic nitrogens is 4. The number of hydrogen-bond donors (Lipinski definition) is 3. The highest BCUT2D eigenvalue weighted by atomic mass is 16.5. The summed E-state index contributed by atoms with van der Waals surface area (Å²) in [7, 11) is 4.33. The summed E-state index contributed by atoms with van der Waals surface area (Å²) in [6.45, 7) is 1.85. The highest BCUT2D eigenvalue weighted by Crippen LogP contribution is 2.25. The topological polar surface area (TPSA) is 145 Å². The van der Waals surface area contributed by atoms with Crippen LogP contribution in [0.5, 0.6) is 17.2 Å². The van der Waals surface area contributed by atoms with E-state index in [1.165, 1.54) is 42.6 Å². The number of imidazole rings is 1. The Morgan fingerprint density at radius 2 is 1.95 bits per heavy atom. The molecule has 2 aromatic heterocycles. The van der Waals surface area contributed by atoms with Crippen LogP contribution >= 0.6 is 0 Å². The van der Waals surface area contributed by atoms with E-state index in [1.54, 1.807) is 18.2 Å². The van der Waals surface area contributed by atoms with E-state index in [-0.39, 0.29) is 41.8 Å². The molecule has 0 saturated heterocycles. The molecular weight excluding hydrogens is 480 g/mol. The molecule has 0 aliphatic rings. The lowest BCUT2D eigenvalue weighted by Gasteiger charge is -2.15. The van der Waals surface area contributed by atoms with Crippen molar-refractivity contribution >= 4 is 23.3 Å². The zero-order chi connectivity index (χ0) is 26.7. The van der Waals surface area contributed by atoms with E-state index < -0.39 is 17.4 Å². The third-order valence-electron chi connectivity index (χ3n) is 5.76. The Labute approximate surface area is 211 Å². The summed E-state index contributed by atoms with van der Waals surface area (Å²) in [6.07, 6.45) is 0.464. The van der Waals surface area contributed by atoms with Crippen molar-refractivity contribution in [2.24, 2.45) is 19.2 Å². The van der Waals surface area contributed by atoms with Gasteiger partial charge in [0.15, 0.2) is 22.7 Å². The van der Waals surface area contributed by atoms with Crippen LogP contribution in [0.4, 0.5) is 5.95 Å². The Kier molecular flexibility index (Phi) is 7.30. The number of methoxy groups -OCH3 is 1. The molecule has 194 valence electrons. The van der Waals surface area contributed by atoms with Crippen LogP contribution < -0.4 is 26.1 Å². The lowest BCUT2D eigenvalue weighted by atomic mass is 10.2. The van der Waals surface area contributed by atoms with Gasteiger partial charge in [-0.3, -0.25) is 13.9 Å². The molecule has 0 aliphatic heterocycles. The lowest BCUT2D eigenvalue weighted by molar-refractivity contribution is 0.0938. The number of hydrazone groups is 1. The number of anilines is 1. The number of nitrogens with one attached hydrogen (secondary N) is 1. The van der Waals surface area contributed by atoms with Gasteiger partial charge in [0.25, 0.3) is 5.56 Å². The van der Waals surface area contributed by atoms with E-state index in [2.05, 4.69) is 15.5 Å². The van der Waals surface area contributed by atoms with Crippen LogP contribution in [0.2, 0.25) is 0 Å². The van der Waals surface area contributed by atoms with Gasteiger partial charge >= 0.3 is 5.69 Å². The van der Waals surface area contributed by atoms with E-state index >= 15 is 0 Å². The summed E-state index contributed by atoms with van der Waals surface area (Å²) < 4.78 is 14.5. The van der Waals surface area contributed by atoms with Crippen LogP contribution in [-0.2, 0) is 20.6 Å². The van der Waals surface area contributed by atoms with Gasteiger partial charge in [0.2, 0.25) is 5.95 Å². The summed E-state index contributed by atoms with van der Waals surface area (Å²) in [5.41, 5.74) is 3.61. The molecule has 4 rings (SSSR count). The van der Waals surface area contributed by atoms with Crippen molar-refractivity contribution in [2.45, 2.75) is 19.6 Å². The average Bonchev–Trinajstić information content (AvgIpc) is 3.24. The van der Waals surface area contributed by atoms with Crippen molar-refractivity contribution in [2.75, 3.05) is 19.1 Å². The van der Waals surface area contributed by atoms with Crippen LogP contribution in [-0.4, -0.2) is 54.9 Å². The number of aliphatic hydroxyl groups excluding tert-OH is 1. The maximum atomic E-state index is 13.0. The van der Waals surface area contributed by atoms with Gasteiger partial charge in [-0.1, -0.05) is 12.1 Å². The van der Waals surface area contributed by atoms with Crippen LogP contribution in [0.1, 0.15) is 11.1 Å². The first-order valence-corrected chi connectivity index (χ1v) is 11.4. The largest absolute Gasteiger partial charge is 0.504 e. The third-order valence-corrected chi connectivity index (χ3v) is 5.76. The smallest absolute Gasteiger partial charge is 0.332 e. The van der Waals surface area contributed by atoms with Crippen molar-refractivity contribution in [3.8, 4) is 17.2 Å². The molecule has 0 saturated carbocycles. The number of benzene rings is 2. The first-order valence-electron chi connectivity index (χ1n) is 11.4. The molecule has 0 bridgehead atoms. The van der Waals surface area contributed by atoms with Crippen molar-refractivity contribution in [1.82, 2.24) is 18.7 Å². The SMILES string of the molecule is COc1cc(C=NNc2nc3c(c(=O)n(C)c(=O)n3C)n2CC(O)COc2cccc(C)c2)ccc1O. The molecule has 2 heterocycles. The van der Waals surface area contributed by atoms with Crippen molar-refractivity contribution in [3.05, 3.63) is 74.4 Å². The Morgan fingerprint density at radius 1 is 1.16 bits per heavy atom. The number of fused-ring (bicyclic) bond motifs is 1. The number of phenols is 1. The minimum Gasteiger partial charge on any atom is -0.504 e. The number of hydrogen-bond acceptors (Lipinski definition) is 9. The number of aryl methyl sites for hydroxylation is 2. The number of rotatable bonds is 9. The van der Waals surface area contributed by atoms with E-state index in [4.69, 9.17) is 9.47 Å². The zero-order valence-corrected chi connectivity index (χ0v) is 20.9. The van der Waals surface area contributed by atoms with Gasteiger partial charge in [-0.15, -0.1) is 0 Å². The van der Waals surface area contributed by atoms with Gasteiger partial charge in [-0.2, -0.15) is 10.1 Å². The molecule has 0 fully saturated rings. The van der Waals surface area contributed by atoms with Crippen molar-refractivity contribution in [3.63, 3.8) is 0 Å². The molecule has 3 N–H and O–H groups in total. The molecule has 4 aromatic rings. The van der Waals surface area contributed by atoms with Crippen LogP contribution in [0.15, 0.2) is 57.2 Å². The second-order valence-corrected chi connectivity index (χ2v) is 8.51. The number of aliphatic hydroxyl groups is 1. The van der Waals surface area contributed by atoms with E-state index in [9.17, 15) is 19.8 Å². The third kappa shape index (κ3) is 5.33. The highest BCUT2D eigenvalue weighted by molar-refractivity contribution is 5.81. The second kappa shape index (κ2) is 10.6. The summed E-state index contributed by atoms with van der Waals surface area (Å²) >= 11 is 0. The first kappa shape index (κ1) is 25.5. The summed E-state index contributed by atoms with van der Waals surface area (Å²) in [5.74, 6) is 1.03. The summed E-state index contributed by atoms with van der Waals surface area (Å²) in [6, 6.07) is 12.1. The molecule has 0 aliphatic carbocycles. The average molecular weight is 509 g/mol. The van der Waals surface area contributed by atoms with Gasteiger partial charge in [0.05, 0.1) is 19.9 Å². The predicted octanol–water partition coefficient (Wildman–Crippen LogP) is 1.34. The van der Waals surface area contributed by atoms with Crippen LogP contribution in [0.25, 0.3) is 11.2 Å². The number of aromatic hydroxyl groups is 1. The van der Waals surface area contributed by atoms with Crippen LogP contribution in [0.3, 0.4) is 0 Å². The van der Waals surface area contributed by atoms with Gasteiger partial charge in [-0.05, 0) is 48.4 Å². The maximum absolute atomic E-state index is 13.0. The Bertz CT molecular complexity index is 1590. The molecule has 2 aromatic carbocycles. The van der Waals surface area contributed by atoms with Crippen molar-refractivity contribution in [1.29, 1.82) is 0 Å². The molecule has 0 radical (unpaired) electrons. The summed E-state index contributed by atoms with van der Waals surface area (Å²) in [5, 5.41) is 24.7. The summed E-state index contributed by atoms with van der Waals surface area (Å²) in [4.78, 5) is 29.9. The number of ether oxygens (including phenoxy) is 2. The highest BCUT2D eigenvalue weighted by Gasteiger charge is 2.21. The molecule has 37 heavy (non-hydrogen) atoms. The second-order valence-electron chi connectivity index (χ2n) is 8.51. The quantitative estimate of drug-likeness (QED) is 0.227. The predicted molar refractivity (Wildman–Crippen MR) is 139 cm³/mol. The molecule has 0 spiro atoms. The molecule has 1 unspecified atom stereocenters. The standard InChI is InChI=1S/C25H28N6O6/c1-15-6-5-7-18(10-15)37-14-17(32)13-31-21-22(29(2)25(35)30(3)23(21)34)27-24(31)28-26-12-16-8-9-19(33)20(11-16)36-4/h5-12,17,32-33H,13-14H2,1-4H3,(H,27,28). The van der Waals surface area contributed by atoms with E-state index in [1.807, 2.05) is 25.1 Å².